The van der Waals surface area contributed by atoms with Crippen LogP contribution < -0.4 is 0 Å². The largest absolute Gasteiger partial charge is 0.439 e. The normalized spacial score (nSPS) is 35.1. The van der Waals surface area contributed by atoms with Crippen LogP contribution in [0.1, 0.15) is 38.5 Å². The minimum absolute atomic E-state index is 0.225. The van der Waals surface area contributed by atoms with Gasteiger partial charge >= 0.3 is 6.18 Å². The summed E-state index contributed by atoms with van der Waals surface area (Å²) in [6, 6.07) is 0. The number of fused-ring (bicyclic) bond motifs is 1. The molecule has 2 saturated carbocycles. The van der Waals surface area contributed by atoms with Crippen molar-refractivity contribution in [3.63, 3.8) is 0 Å². The van der Waals surface area contributed by atoms with Gasteiger partial charge < -0.3 is 5.11 Å². The summed E-state index contributed by atoms with van der Waals surface area (Å²) in [6.45, 7) is 0. The van der Waals surface area contributed by atoms with Gasteiger partial charge in [-0.1, -0.05) is 6.42 Å². The van der Waals surface area contributed by atoms with Gasteiger partial charge in [-0.05, 0) is 32.1 Å². The lowest BCUT2D eigenvalue weighted by Crippen LogP contribution is -2.61. The van der Waals surface area contributed by atoms with Crippen LogP contribution in [0.25, 0.3) is 0 Å². The van der Waals surface area contributed by atoms with Gasteiger partial charge in [0, 0.05) is 11.6 Å². The lowest BCUT2D eigenvalue weighted by molar-refractivity contribution is -0.317. The number of amides is 1. The molecule has 0 radical (unpaired) electrons. The Morgan fingerprint density at radius 2 is 2.00 bits per heavy atom. The highest BCUT2D eigenvalue weighted by molar-refractivity contribution is 5.94. The Balaban J connectivity index is 1.99. The number of hydrazone groups is 1. The molecular formula is C12H15F3N2O2. The van der Waals surface area contributed by atoms with E-state index in [1.165, 1.54) is 0 Å². The molecule has 0 aromatic heterocycles. The minimum atomic E-state index is -4.88. The molecule has 3 rings (SSSR count). The number of hydrogen-bond acceptors (Lipinski definition) is 3. The second-order valence-electron chi connectivity index (χ2n) is 5.54. The highest BCUT2D eigenvalue weighted by Crippen LogP contribution is 2.49. The van der Waals surface area contributed by atoms with Gasteiger partial charge in [-0.2, -0.15) is 23.3 Å². The third-order valence-electron chi connectivity index (χ3n) is 4.17. The Labute approximate surface area is 108 Å². The fourth-order valence-corrected chi connectivity index (χ4v) is 2.94. The molecule has 1 heterocycles. The molecule has 0 spiro atoms. The Bertz CT molecular complexity index is 445. The molecule has 2 atom stereocenters. The van der Waals surface area contributed by atoms with Gasteiger partial charge in [-0.25, -0.2) is 0 Å². The average molecular weight is 276 g/mol. The van der Waals surface area contributed by atoms with E-state index in [4.69, 9.17) is 0 Å². The molecule has 2 fully saturated rings. The molecule has 4 nitrogen and oxygen atoms in total. The van der Waals surface area contributed by atoms with Gasteiger partial charge in [-0.15, -0.1) is 0 Å². The van der Waals surface area contributed by atoms with Crippen LogP contribution in [0.15, 0.2) is 5.10 Å². The molecule has 0 bridgehead atoms. The number of halogens is 3. The molecule has 106 valence electrons. The number of carbonyl (C=O) groups is 1. The SMILES string of the molecule is O=C(C1CC1)N1N=C2CCCC[C@H]2[C@@]1(O)C(F)(F)F. The van der Waals surface area contributed by atoms with Crippen LogP contribution in [-0.4, -0.2) is 33.6 Å². The molecule has 19 heavy (non-hydrogen) atoms. The Morgan fingerprint density at radius 3 is 2.58 bits per heavy atom. The predicted molar refractivity (Wildman–Crippen MR) is 60.0 cm³/mol. The maximum Gasteiger partial charge on any atom is 0.439 e. The molecule has 0 saturated heterocycles. The fourth-order valence-electron chi connectivity index (χ4n) is 2.94. The minimum Gasteiger partial charge on any atom is -0.362 e. The zero-order chi connectivity index (χ0) is 13.8. The monoisotopic (exact) mass is 276 g/mol. The van der Waals surface area contributed by atoms with Gasteiger partial charge in [0.05, 0.1) is 5.92 Å². The van der Waals surface area contributed by atoms with Gasteiger partial charge in [0.15, 0.2) is 0 Å². The van der Waals surface area contributed by atoms with E-state index < -0.39 is 29.6 Å². The Morgan fingerprint density at radius 1 is 1.32 bits per heavy atom. The van der Waals surface area contributed by atoms with Crippen molar-refractivity contribution in [2.24, 2.45) is 16.9 Å². The van der Waals surface area contributed by atoms with Gasteiger partial charge in [0.2, 0.25) is 5.91 Å². The van der Waals surface area contributed by atoms with E-state index in [0.29, 0.717) is 36.4 Å². The quantitative estimate of drug-likeness (QED) is 0.796. The third kappa shape index (κ3) is 1.78. The lowest BCUT2D eigenvalue weighted by Gasteiger charge is -2.38. The van der Waals surface area contributed by atoms with E-state index in [9.17, 15) is 23.1 Å². The Kier molecular flexibility index (Phi) is 2.68. The van der Waals surface area contributed by atoms with Gasteiger partial charge in [0.25, 0.3) is 5.72 Å². The predicted octanol–water partition coefficient (Wildman–Crippen LogP) is 2.04. The smallest absolute Gasteiger partial charge is 0.362 e. The molecule has 0 aromatic rings. The standard InChI is InChI=1S/C12H15F3N2O2/c13-12(14,15)11(19)8-3-1-2-4-9(8)16-17(11)10(18)7-5-6-7/h7-8,19H,1-6H2/t8-,11-/m1/s1. The summed E-state index contributed by atoms with van der Waals surface area (Å²) in [4.78, 5) is 12.0. The zero-order valence-electron chi connectivity index (χ0n) is 10.3. The van der Waals surface area contributed by atoms with Crippen molar-refractivity contribution in [1.29, 1.82) is 0 Å². The second-order valence-corrected chi connectivity index (χ2v) is 5.54. The fraction of sp³-hybridized carbons (Fsp3) is 0.833. The first-order chi connectivity index (χ1) is 8.85. The summed E-state index contributed by atoms with van der Waals surface area (Å²) < 4.78 is 39.9. The summed E-state index contributed by atoms with van der Waals surface area (Å²) >= 11 is 0. The summed E-state index contributed by atoms with van der Waals surface area (Å²) in [7, 11) is 0. The number of carbonyl (C=O) groups excluding carboxylic acids is 1. The molecule has 7 heteroatoms. The zero-order valence-corrected chi connectivity index (χ0v) is 10.3. The van der Waals surface area contributed by atoms with Crippen LogP contribution >= 0.6 is 0 Å². The first-order valence-electron chi connectivity index (χ1n) is 6.56. The van der Waals surface area contributed by atoms with Crippen LogP contribution in [0.3, 0.4) is 0 Å². The topological polar surface area (TPSA) is 52.9 Å². The number of hydrogen-bond donors (Lipinski definition) is 1. The van der Waals surface area contributed by atoms with E-state index in [-0.39, 0.29) is 6.42 Å². The van der Waals surface area contributed by atoms with E-state index in [1.807, 2.05) is 0 Å². The lowest BCUT2D eigenvalue weighted by atomic mass is 9.80. The van der Waals surface area contributed by atoms with Crippen molar-refractivity contribution < 1.29 is 23.1 Å². The number of aliphatic hydroxyl groups is 1. The van der Waals surface area contributed by atoms with Crippen molar-refractivity contribution in [1.82, 2.24) is 5.01 Å². The van der Waals surface area contributed by atoms with Crippen LogP contribution in [0.5, 0.6) is 0 Å². The summed E-state index contributed by atoms with van der Waals surface area (Å²) in [5.74, 6) is -2.19. The molecule has 2 aliphatic carbocycles. The molecule has 1 N–H and O–H groups in total. The summed E-state index contributed by atoms with van der Waals surface area (Å²) in [5.41, 5.74) is -2.82. The van der Waals surface area contributed by atoms with E-state index >= 15 is 0 Å². The number of alkyl halides is 3. The average Bonchev–Trinajstić information content (AvgIpc) is 3.13. The van der Waals surface area contributed by atoms with Crippen molar-refractivity contribution in [3.05, 3.63) is 0 Å². The number of nitrogens with zero attached hydrogens (tertiary/aromatic N) is 2. The highest BCUT2D eigenvalue weighted by Gasteiger charge is 2.69. The van der Waals surface area contributed by atoms with Crippen molar-refractivity contribution in [2.75, 3.05) is 0 Å². The molecule has 1 aliphatic heterocycles. The highest BCUT2D eigenvalue weighted by atomic mass is 19.4. The first kappa shape index (κ1) is 12.9. The molecule has 0 aromatic carbocycles. The first-order valence-corrected chi connectivity index (χ1v) is 6.56. The number of rotatable bonds is 1. The summed E-state index contributed by atoms with van der Waals surface area (Å²) in [5, 5.41) is 14.3. The van der Waals surface area contributed by atoms with Crippen LogP contribution in [0, 0.1) is 11.8 Å². The molecule has 3 aliphatic rings. The maximum atomic E-state index is 13.3. The van der Waals surface area contributed by atoms with Crippen molar-refractivity contribution in [3.8, 4) is 0 Å². The van der Waals surface area contributed by atoms with Crippen LogP contribution in [0.4, 0.5) is 13.2 Å². The molecule has 1 amide bonds. The van der Waals surface area contributed by atoms with E-state index in [0.717, 1.165) is 6.42 Å². The molecule has 0 unspecified atom stereocenters. The van der Waals surface area contributed by atoms with Crippen molar-refractivity contribution >= 4 is 11.6 Å². The Hall–Kier alpha value is -1.11. The third-order valence-corrected chi connectivity index (χ3v) is 4.17. The van der Waals surface area contributed by atoms with Gasteiger partial charge in [0.1, 0.15) is 0 Å². The maximum absolute atomic E-state index is 13.3. The van der Waals surface area contributed by atoms with E-state index in [2.05, 4.69) is 5.10 Å². The molecular weight excluding hydrogens is 261 g/mol. The van der Waals surface area contributed by atoms with Crippen LogP contribution in [0.2, 0.25) is 0 Å². The van der Waals surface area contributed by atoms with Crippen LogP contribution in [-0.2, 0) is 4.79 Å². The van der Waals surface area contributed by atoms with Crippen molar-refractivity contribution in [2.45, 2.75) is 50.4 Å². The summed E-state index contributed by atoms with van der Waals surface area (Å²) in [6.07, 6.45) is -1.69. The second kappa shape index (κ2) is 3.94. The van der Waals surface area contributed by atoms with E-state index in [1.54, 1.807) is 0 Å². The van der Waals surface area contributed by atoms with Gasteiger partial charge in [-0.3, -0.25) is 4.79 Å².